The van der Waals surface area contributed by atoms with Gasteiger partial charge in [-0.25, -0.2) is 0 Å². The number of allylic oxidation sites excluding steroid dienone is 2. The summed E-state index contributed by atoms with van der Waals surface area (Å²) in [6.45, 7) is 0. The topological polar surface area (TPSA) is 58.9 Å². The maximum atomic E-state index is 9.20. The molecule has 0 aliphatic carbocycles. The van der Waals surface area contributed by atoms with Gasteiger partial charge in [0.25, 0.3) is 0 Å². The second-order valence-electron chi connectivity index (χ2n) is 4.06. The minimum atomic E-state index is 0.223. The molecule has 0 unspecified atom stereocenters. The Morgan fingerprint density at radius 3 is 1.81 bits per heavy atom. The number of hydrogen-bond donors (Lipinski definition) is 1. The van der Waals surface area contributed by atoms with Crippen molar-refractivity contribution < 1.29 is 14.0 Å². The van der Waals surface area contributed by atoms with Crippen LogP contribution in [0.4, 0.5) is 0 Å². The predicted molar refractivity (Wildman–Crippen MR) is 78.5 cm³/mol. The first-order valence-electron chi connectivity index (χ1n) is 6.13. The van der Waals surface area contributed by atoms with Crippen molar-refractivity contribution in [2.75, 3.05) is 0 Å². The van der Waals surface area contributed by atoms with Crippen molar-refractivity contribution in [1.29, 1.82) is 0 Å². The first-order valence-corrected chi connectivity index (χ1v) is 6.13. The molecule has 0 radical (unpaired) electrons. The summed E-state index contributed by atoms with van der Waals surface area (Å²) < 4.78 is 11.1. The van der Waals surface area contributed by atoms with Crippen molar-refractivity contribution in [1.82, 2.24) is 0 Å². The summed E-state index contributed by atoms with van der Waals surface area (Å²) in [5.74, 6) is 12.9. The number of furan rings is 2. The van der Waals surface area contributed by atoms with E-state index in [1.54, 1.807) is 48.6 Å². The molecular formula is C17H9NO3. The van der Waals surface area contributed by atoms with Gasteiger partial charge in [-0.2, -0.15) is 0 Å². The highest BCUT2D eigenvalue weighted by Gasteiger charge is 2.15. The van der Waals surface area contributed by atoms with Gasteiger partial charge in [0, 0.05) is 0 Å². The van der Waals surface area contributed by atoms with Crippen LogP contribution in [0.25, 0.3) is 12.2 Å². The van der Waals surface area contributed by atoms with Crippen LogP contribution in [-0.4, -0.2) is 10.9 Å². The summed E-state index contributed by atoms with van der Waals surface area (Å²) in [4.78, 5) is 0. The van der Waals surface area contributed by atoms with Crippen LogP contribution < -0.4 is 0 Å². The van der Waals surface area contributed by atoms with E-state index in [0.29, 0.717) is 23.0 Å². The highest BCUT2D eigenvalue weighted by atomic mass is 16.4. The van der Waals surface area contributed by atoms with Crippen LogP contribution >= 0.6 is 0 Å². The normalized spacial score (nSPS) is 15.5. The molecule has 0 amide bonds. The Balaban J connectivity index is 2.11. The maximum Gasteiger partial charge on any atom is 0.187 e. The molecule has 0 spiro atoms. The number of hydrogen-bond acceptors (Lipinski definition) is 4. The zero-order chi connectivity index (χ0) is 14.5. The van der Waals surface area contributed by atoms with Gasteiger partial charge in [0.1, 0.15) is 11.5 Å². The van der Waals surface area contributed by atoms with Crippen LogP contribution in [0.15, 0.2) is 50.4 Å². The minimum Gasteiger partial charge on any atom is -0.455 e. The molecule has 1 aliphatic heterocycles. The van der Waals surface area contributed by atoms with Gasteiger partial charge in [0.15, 0.2) is 17.2 Å². The van der Waals surface area contributed by atoms with Crippen molar-refractivity contribution in [2.45, 2.75) is 0 Å². The molecule has 1 N–H and O–H groups in total. The van der Waals surface area contributed by atoms with E-state index < -0.39 is 0 Å². The van der Waals surface area contributed by atoms with Crippen LogP contribution in [0.5, 0.6) is 0 Å². The third-order valence-corrected chi connectivity index (χ3v) is 2.69. The molecule has 0 fully saturated rings. The van der Waals surface area contributed by atoms with Gasteiger partial charge >= 0.3 is 0 Å². The Labute approximate surface area is 121 Å². The van der Waals surface area contributed by atoms with Crippen LogP contribution in [-0.2, 0) is 0 Å². The molecule has 2 aromatic heterocycles. The van der Waals surface area contributed by atoms with Gasteiger partial charge < -0.3 is 14.0 Å². The predicted octanol–water partition coefficient (Wildman–Crippen LogP) is 3.15. The summed E-state index contributed by atoms with van der Waals surface area (Å²) >= 11 is 0. The number of fused-ring (bicyclic) bond motifs is 4. The highest BCUT2D eigenvalue weighted by Crippen LogP contribution is 2.18. The third-order valence-electron chi connectivity index (χ3n) is 2.69. The molecule has 2 aromatic rings. The lowest BCUT2D eigenvalue weighted by atomic mass is 10.2. The summed E-state index contributed by atoms with van der Waals surface area (Å²) in [5.41, 5.74) is 0.223. The summed E-state index contributed by atoms with van der Waals surface area (Å²) in [6, 6.07) is 6.90. The molecule has 100 valence electrons. The Morgan fingerprint density at radius 2 is 1.33 bits per heavy atom. The van der Waals surface area contributed by atoms with Crippen molar-refractivity contribution in [3.63, 3.8) is 0 Å². The highest BCUT2D eigenvalue weighted by molar-refractivity contribution is 6.09. The van der Waals surface area contributed by atoms with E-state index in [1.165, 1.54) is 0 Å². The average Bonchev–Trinajstić information content (AvgIpc) is 3.12. The fraction of sp³-hybridized carbons (Fsp3) is 0. The van der Waals surface area contributed by atoms with Crippen LogP contribution in [0.3, 0.4) is 0 Å². The van der Waals surface area contributed by atoms with Crippen LogP contribution in [0.1, 0.15) is 23.0 Å². The van der Waals surface area contributed by atoms with Gasteiger partial charge in [-0.15, -0.1) is 0 Å². The second-order valence-corrected chi connectivity index (χ2v) is 4.06. The largest absolute Gasteiger partial charge is 0.455 e. The quantitative estimate of drug-likeness (QED) is 0.456. The molecule has 21 heavy (non-hydrogen) atoms. The molecule has 0 saturated heterocycles. The fourth-order valence-corrected chi connectivity index (χ4v) is 1.76. The zero-order valence-electron chi connectivity index (χ0n) is 10.8. The molecule has 4 bridgehead atoms. The Kier molecular flexibility index (Phi) is 3.45. The van der Waals surface area contributed by atoms with Gasteiger partial charge in [0.05, 0.1) is 0 Å². The number of rotatable bonds is 0. The molecule has 4 heteroatoms. The molecule has 4 nitrogen and oxygen atoms in total. The second kappa shape index (κ2) is 5.73. The maximum absolute atomic E-state index is 9.20. The molecule has 3 rings (SSSR count). The first-order chi connectivity index (χ1) is 10.4. The average molecular weight is 275 g/mol. The molecular weight excluding hydrogens is 266 g/mol. The van der Waals surface area contributed by atoms with Gasteiger partial charge in [-0.05, 0) is 60.4 Å². The fourth-order valence-electron chi connectivity index (χ4n) is 1.76. The standard InChI is InChI=1S/C17H9NO3/c19-18-17-15-11-9-13(20-15)7-5-3-1-2-4-6-8-14-10-12-16(17)21-14/h5-12,19H/b7-5+,8-6+. The van der Waals surface area contributed by atoms with Gasteiger partial charge in [-0.3, -0.25) is 0 Å². The van der Waals surface area contributed by atoms with E-state index in [4.69, 9.17) is 8.83 Å². The lowest BCUT2D eigenvalue weighted by molar-refractivity contribution is 0.316. The molecule has 0 saturated carbocycles. The van der Waals surface area contributed by atoms with Crippen molar-refractivity contribution in [3.8, 4) is 23.7 Å². The Bertz CT molecular complexity index is 800. The molecule has 0 atom stereocenters. The Morgan fingerprint density at radius 1 is 0.810 bits per heavy atom. The number of nitrogens with zero attached hydrogens (tertiary/aromatic N) is 1. The first kappa shape index (κ1) is 12.7. The van der Waals surface area contributed by atoms with Crippen molar-refractivity contribution >= 4 is 17.9 Å². The monoisotopic (exact) mass is 275 g/mol. The summed E-state index contributed by atoms with van der Waals surface area (Å²) in [5, 5.41) is 12.5. The van der Waals surface area contributed by atoms with Gasteiger partial charge in [-0.1, -0.05) is 17.0 Å². The van der Waals surface area contributed by atoms with Crippen LogP contribution in [0, 0.1) is 23.7 Å². The van der Waals surface area contributed by atoms with E-state index in [9.17, 15) is 5.21 Å². The Hall–Kier alpha value is -3.37. The van der Waals surface area contributed by atoms with E-state index in [1.807, 2.05) is 0 Å². The smallest absolute Gasteiger partial charge is 0.187 e. The van der Waals surface area contributed by atoms with E-state index in [2.05, 4.69) is 28.8 Å². The third kappa shape index (κ3) is 2.80. The minimum absolute atomic E-state index is 0.223. The summed E-state index contributed by atoms with van der Waals surface area (Å²) in [6.07, 6.45) is 6.69. The number of oxime groups is 1. The van der Waals surface area contributed by atoms with Crippen molar-refractivity contribution in [2.24, 2.45) is 5.16 Å². The van der Waals surface area contributed by atoms with Crippen LogP contribution in [0.2, 0.25) is 0 Å². The molecule has 3 heterocycles. The molecule has 1 aliphatic rings. The lowest BCUT2D eigenvalue weighted by Gasteiger charge is -1.96. The zero-order valence-corrected chi connectivity index (χ0v) is 10.8. The summed E-state index contributed by atoms with van der Waals surface area (Å²) in [7, 11) is 0. The van der Waals surface area contributed by atoms with Gasteiger partial charge in [0.2, 0.25) is 0 Å². The van der Waals surface area contributed by atoms with E-state index in [-0.39, 0.29) is 5.71 Å². The van der Waals surface area contributed by atoms with Crippen molar-refractivity contribution in [3.05, 3.63) is 59.5 Å². The van der Waals surface area contributed by atoms with E-state index in [0.717, 1.165) is 0 Å². The molecule has 0 aromatic carbocycles. The SMILES string of the molecule is ON=C1c2ccc(o2)/C=C/C#CC#C/C=C/c2ccc1o2. The lowest BCUT2D eigenvalue weighted by Crippen LogP contribution is -1.99. The van der Waals surface area contributed by atoms with E-state index >= 15 is 0 Å².